The molecule has 1 aliphatic heterocycles. The molecule has 0 saturated heterocycles. The number of para-hydroxylation sites is 1. The quantitative estimate of drug-likeness (QED) is 0.407. The van der Waals surface area contributed by atoms with Crippen molar-refractivity contribution >= 4 is 10.9 Å². The van der Waals surface area contributed by atoms with Crippen molar-refractivity contribution in [2.75, 3.05) is 13.2 Å². The molecule has 2 atom stereocenters. The van der Waals surface area contributed by atoms with Gasteiger partial charge in [0.15, 0.2) is 0 Å². The van der Waals surface area contributed by atoms with E-state index in [1.807, 2.05) is 25.1 Å². The number of ether oxygens (including phenoxy) is 1. The number of hydrogen-bond donors (Lipinski definition) is 1. The van der Waals surface area contributed by atoms with Crippen molar-refractivity contribution in [1.29, 1.82) is 0 Å². The van der Waals surface area contributed by atoms with Crippen LogP contribution in [0.15, 0.2) is 36.4 Å². The van der Waals surface area contributed by atoms with Gasteiger partial charge in [0.05, 0.1) is 12.6 Å². The van der Waals surface area contributed by atoms with E-state index >= 15 is 8.78 Å². The molecule has 3 nitrogen and oxygen atoms in total. The fourth-order valence-corrected chi connectivity index (χ4v) is 4.84. The Balaban J connectivity index is 1.89. The molecule has 4 rings (SSSR count). The van der Waals surface area contributed by atoms with Gasteiger partial charge in [0.2, 0.25) is 0 Å². The highest BCUT2D eigenvalue weighted by Crippen LogP contribution is 2.45. The maximum Gasteiger partial charge on any atom is 0.135 e. The molecule has 5 heteroatoms. The summed E-state index contributed by atoms with van der Waals surface area (Å²) in [5.74, 6) is -0.450. The van der Waals surface area contributed by atoms with Crippen LogP contribution in [0.3, 0.4) is 0 Å². The van der Waals surface area contributed by atoms with Crippen molar-refractivity contribution in [3.8, 4) is 5.75 Å². The number of aromatic nitrogens is 1. The predicted molar refractivity (Wildman–Crippen MR) is 131 cm³/mol. The van der Waals surface area contributed by atoms with Crippen LogP contribution in [-0.4, -0.2) is 29.1 Å². The number of aromatic amines is 1. The van der Waals surface area contributed by atoms with E-state index in [1.165, 1.54) is 12.1 Å². The molecule has 1 aromatic heterocycles. The summed E-state index contributed by atoms with van der Waals surface area (Å²) in [5.41, 5.74) is 3.14. The molecule has 0 radical (unpaired) electrons. The molecule has 33 heavy (non-hydrogen) atoms. The number of rotatable bonds is 7. The van der Waals surface area contributed by atoms with E-state index in [-0.39, 0.29) is 22.8 Å². The Kier molecular flexibility index (Phi) is 6.54. The third kappa shape index (κ3) is 4.40. The number of nitrogens with zero attached hydrogens (tertiary/aromatic N) is 1. The van der Waals surface area contributed by atoms with Gasteiger partial charge < -0.3 is 9.72 Å². The molecule has 0 saturated carbocycles. The van der Waals surface area contributed by atoms with E-state index in [0.717, 1.165) is 41.5 Å². The fraction of sp³-hybridized carbons (Fsp3) is 0.500. The molecule has 3 aromatic rings. The van der Waals surface area contributed by atoms with E-state index in [9.17, 15) is 0 Å². The Morgan fingerprint density at radius 3 is 2.45 bits per heavy atom. The van der Waals surface area contributed by atoms with Crippen LogP contribution in [0.4, 0.5) is 8.78 Å². The number of hydrogen-bond acceptors (Lipinski definition) is 2. The van der Waals surface area contributed by atoms with Crippen LogP contribution in [0.25, 0.3) is 10.9 Å². The first-order valence-electron chi connectivity index (χ1n) is 12.1. The fourth-order valence-electron chi connectivity index (χ4n) is 4.84. The van der Waals surface area contributed by atoms with Gasteiger partial charge in [-0.05, 0) is 42.7 Å². The summed E-state index contributed by atoms with van der Waals surface area (Å²) in [6, 6.07) is 10.4. The van der Waals surface area contributed by atoms with Crippen LogP contribution in [-0.2, 0) is 6.42 Å². The van der Waals surface area contributed by atoms with Gasteiger partial charge in [0, 0.05) is 46.9 Å². The second-order valence-electron chi connectivity index (χ2n) is 10.5. The lowest BCUT2D eigenvalue weighted by molar-refractivity contribution is 0.0664. The SMILES string of the molecule is CCCOc1cc(F)c([C@H]2c3[nH]c4ccccc4c3C[C@@H](C)N2CC(C)(C)C(C)C)c(F)c1. The van der Waals surface area contributed by atoms with Crippen LogP contribution in [0.2, 0.25) is 0 Å². The lowest BCUT2D eigenvalue weighted by Crippen LogP contribution is -2.48. The molecule has 2 heterocycles. The van der Waals surface area contributed by atoms with Crippen molar-refractivity contribution < 1.29 is 13.5 Å². The van der Waals surface area contributed by atoms with E-state index < -0.39 is 17.7 Å². The highest BCUT2D eigenvalue weighted by molar-refractivity contribution is 5.85. The van der Waals surface area contributed by atoms with Gasteiger partial charge in [0.25, 0.3) is 0 Å². The molecule has 0 unspecified atom stereocenters. The Hall–Kier alpha value is -2.40. The molecule has 0 fully saturated rings. The van der Waals surface area contributed by atoms with Crippen molar-refractivity contribution in [3.05, 3.63) is 64.9 Å². The number of halogens is 2. The molecule has 1 N–H and O–H groups in total. The summed E-state index contributed by atoms with van der Waals surface area (Å²) in [4.78, 5) is 5.81. The van der Waals surface area contributed by atoms with E-state index in [1.54, 1.807) is 0 Å². The maximum atomic E-state index is 15.6. The first-order chi connectivity index (χ1) is 15.6. The number of fused-ring (bicyclic) bond motifs is 3. The summed E-state index contributed by atoms with van der Waals surface area (Å²) in [5, 5.41) is 1.14. The number of benzene rings is 2. The smallest absolute Gasteiger partial charge is 0.135 e. The Morgan fingerprint density at radius 1 is 1.15 bits per heavy atom. The Bertz CT molecular complexity index is 1110. The summed E-state index contributed by atoms with van der Waals surface area (Å²) < 4.78 is 36.7. The molecule has 0 spiro atoms. The van der Waals surface area contributed by atoms with Gasteiger partial charge in [-0.25, -0.2) is 8.78 Å². The Labute approximate surface area is 196 Å². The largest absolute Gasteiger partial charge is 0.493 e. The van der Waals surface area contributed by atoms with Gasteiger partial charge in [0.1, 0.15) is 17.4 Å². The van der Waals surface area contributed by atoms with Crippen LogP contribution in [0.1, 0.15) is 70.8 Å². The van der Waals surface area contributed by atoms with Crippen LogP contribution in [0.5, 0.6) is 5.75 Å². The first-order valence-corrected chi connectivity index (χ1v) is 12.1. The summed E-state index contributed by atoms with van der Waals surface area (Å²) in [7, 11) is 0. The third-order valence-corrected chi connectivity index (χ3v) is 7.47. The average molecular weight is 455 g/mol. The summed E-state index contributed by atoms with van der Waals surface area (Å²) in [6.45, 7) is 14.2. The first kappa shape index (κ1) is 23.7. The molecule has 0 aliphatic carbocycles. The van der Waals surface area contributed by atoms with Crippen LogP contribution in [0, 0.1) is 23.0 Å². The lowest BCUT2D eigenvalue weighted by Gasteiger charge is -2.46. The van der Waals surface area contributed by atoms with Crippen LogP contribution >= 0.6 is 0 Å². The highest BCUT2D eigenvalue weighted by Gasteiger charge is 2.41. The normalized spacial score (nSPS) is 19.3. The summed E-state index contributed by atoms with van der Waals surface area (Å²) >= 11 is 0. The van der Waals surface area contributed by atoms with Crippen LogP contribution < -0.4 is 4.74 Å². The van der Waals surface area contributed by atoms with Gasteiger partial charge >= 0.3 is 0 Å². The minimum Gasteiger partial charge on any atom is -0.493 e. The topological polar surface area (TPSA) is 28.3 Å². The van der Waals surface area contributed by atoms with Crippen molar-refractivity contribution in [2.45, 2.75) is 66.5 Å². The molecule has 2 aromatic carbocycles. The standard InChI is InChI=1S/C28H36F2N2O/c1-7-12-33-19-14-22(29)25(23(30)15-19)27-26-21(20-10-8-9-11-24(20)31-26)13-18(4)32(27)16-28(5,6)17(2)3/h8-11,14-15,17-18,27,31H,7,12-13,16H2,1-6H3/t18-,27+/m1/s1. The monoisotopic (exact) mass is 454 g/mol. The molecule has 0 amide bonds. The molecule has 0 bridgehead atoms. The third-order valence-electron chi connectivity index (χ3n) is 7.47. The second-order valence-corrected chi connectivity index (χ2v) is 10.5. The summed E-state index contributed by atoms with van der Waals surface area (Å²) in [6.07, 6.45) is 1.62. The van der Waals surface area contributed by atoms with Crippen molar-refractivity contribution in [1.82, 2.24) is 9.88 Å². The van der Waals surface area contributed by atoms with Crippen molar-refractivity contribution in [2.24, 2.45) is 11.3 Å². The zero-order chi connectivity index (χ0) is 23.9. The van der Waals surface area contributed by atoms with Gasteiger partial charge in [-0.1, -0.05) is 52.8 Å². The minimum absolute atomic E-state index is 0.0207. The number of nitrogens with one attached hydrogen (secondary N) is 1. The minimum atomic E-state index is -0.558. The lowest BCUT2D eigenvalue weighted by atomic mass is 9.78. The zero-order valence-corrected chi connectivity index (χ0v) is 20.6. The second kappa shape index (κ2) is 9.09. The van der Waals surface area contributed by atoms with E-state index in [4.69, 9.17) is 4.74 Å². The molecular weight excluding hydrogens is 418 g/mol. The van der Waals surface area contributed by atoms with Gasteiger partial charge in [-0.2, -0.15) is 0 Å². The highest BCUT2D eigenvalue weighted by atomic mass is 19.1. The molecule has 178 valence electrons. The van der Waals surface area contributed by atoms with E-state index in [0.29, 0.717) is 12.5 Å². The van der Waals surface area contributed by atoms with E-state index in [2.05, 4.69) is 50.6 Å². The Morgan fingerprint density at radius 2 is 1.82 bits per heavy atom. The van der Waals surface area contributed by atoms with Gasteiger partial charge in [-0.15, -0.1) is 0 Å². The zero-order valence-electron chi connectivity index (χ0n) is 20.6. The predicted octanol–water partition coefficient (Wildman–Crippen LogP) is 7.25. The van der Waals surface area contributed by atoms with Crippen molar-refractivity contribution in [3.63, 3.8) is 0 Å². The maximum absolute atomic E-state index is 15.6. The average Bonchev–Trinajstić information content (AvgIpc) is 3.11. The number of H-pyrrole nitrogens is 1. The molecular formula is C28H36F2N2O. The molecule has 1 aliphatic rings. The van der Waals surface area contributed by atoms with Gasteiger partial charge in [-0.3, -0.25) is 4.90 Å².